The van der Waals surface area contributed by atoms with E-state index in [2.05, 4.69) is 50.9 Å². The number of carbonyl (C=O) groups is 1. The second-order valence-corrected chi connectivity index (χ2v) is 7.60. The van der Waals surface area contributed by atoms with E-state index in [-0.39, 0.29) is 0 Å². The number of aliphatic hydroxyl groups is 1. The Bertz CT molecular complexity index is 704. The molecule has 0 bridgehead atoms. The topological polar surface area (TPSA) is 46.5 Å². The van der Waals surface area contributed by atoms with Gasteiger partial charge in [-0.25, -0.2) is 4.79 Å². The zero-order chi connectivity index (χ0) is 19.9. The minimum atomic E-state index is -0.670. The molecule has 1 saturated carbocycles. The maximum Gasteiger partial charge on any atom is 0.332 e. The molecule has 1 aromatic carbocycles. The summed E-state index contributed by atoms with van der Waals surface area (Å²) in [6, 6.07) is 6.43. The van der Waals surface area contributed by atoms with Crippen LogP contribution in [0.15, 0.2) is 18.2 Å². The van der Waals surface area contributed by atoms with Crippen molar-refractivity contribution in [1.29, 1.82) is 0 Å². The van der Waals surface area contributed by atoms with Crippen LogP contribution in [0.4, 0.5) is 5.69 Å². The van der Waals surface area contributed by atoms with Crippen molar-refractivity contribution in [1.82, 2.24) is 4.48 Å². The molecule has 0 spiro atoms. The Morgan fingerprint density at radius 2 is 1.85 bits per heavy atom. The first-order valence-electron chi connectivity index (χ1n) is 10.3. The Hall–Kier alpha value is -1.83. The Morgan fingerprint density at radius 3 is 2.41 bits per heavy atom. The van der Waals surface area contributed by atoms with E-state index >= 15 is 0 Å². The lowest BCUT2D eigenvalue weighted by molar-refractivity contribution is -0.168. The number of nitrogens with zero attached hydrogens (tertiary/aromatic N) is 1. The second kappa shape index (κ2) is 9.39. The quantitative estimate of drug-likeness (QED) is 0.464. The van der Waals surface area contributed by atoms with Gasteiger partial charge < -0.3 is 9.84 Å². The van der Waals surface area contributed by atoms with E-state index < -0.39 is 18.2 Å². The van der Waals surface area contributed by atoms with E-state index in [0.29, 0.717) is 0 Å². The molecule has 4 heteroatoms. The van der Waals surface area contributed by atoms with Crippen molar-refractivity contribution in [2.75, 3.05) is 26.7 Å². The van der Waals surface area contributed by atoms with Crippen molar-refractivity contribution in [3.63, 3.8) is 0 Å². The summed E-state index contributed by atoms with van der Waals surface area (Å²) < 4.78 is 6.69. The van der Waals surface area contributed by atoms with Gasteiger partial charge in [-0.3, -0.25) is 4.48 Å². The molecule has 0 radical (unpaired) electrons. The summed E-state index contributed by atoms with van der Waals surface area (Å²) in [7, 11) is 2.23. The van der Waals surface area contributed by atoms with E-state index in [4.69, 9.17) is 4.74 Å². The van der Waals surface area contributed by atoms with Crippen molar-refractivity contribution >= 4 is 11.7 Å². The summed E-state index contributed by atoms with van der Waals surface area (Å²) in [5.74, 6) is 5.96. The van der Waals surface area contributed by atoms with Gasteiger partial charge in [0.25, 0.3) is 0 Å². The molecule has 0 heterocycles. The fourth-order valence-corrected chi connectivity index (χ4v) is 3.94. The molecule has 1 aromatic rings. The third kappa shape index (κ3) is 4.72. The van der Waals surface area contributed by atoms with E-state index in [1.54, 1.807) is 0 Å². The van der Waals surface area contributed by atoms with Gasteiger partial charge in [0, 0.05) is 23.6 Å². The van der Waals surface area contributed by atoms with Crippen LogP contribution in [0.5, 0.6) is 0 Å². The highest BCUT2D eigenvalue weighted by atomic mass is 16.6. The normalized spacial score (nSPS) is 16.3. The van der Waals surface area contributed by atoms with E-state index in [1.165, 1.54) is 5.69 Å². The van der Waals surface area contributed by atoms with Crippen molar-refractivity contribution in [2.24, 2.45) is 0 Å². The molecule has 148 valence electrons. The maximum absolute atomic E-state index is 12.0. The summed E-state index contributed by atoms with van der Waals surface area (Å²) in [5, 5.41) is 9.25. The fourth-order valence-electron chi connectivity index (χ4n) is 3.94. The molecule has 2 rings (SSSR count). The van der Waals surface area contributed by atoms with Crippen molar-refractivity contribution in [3.8, 4) is 11.8 Å². The van der Waals surface area contributed by atoms with Crippen LogP contribution in [0.1, 0.15) is 70.4 Å². The van der Waals surface area contributed by atoms with Crippen molar-refractivity contribution in [2.45, 2.75) is 64.9 Å². The molecular formula is C23H34NO3+. The Balaban J connectivity index is 2.59. The number of quaternary nitrogens is 1. The number of hydrogen-bond acceptors (Lipinski definition) is 3. The summed E-state index contributed by atoms with van der Waals surface area (Å²) in [6.07, 6.45) is 5.52. The molecule has 0 atom stereocenters. The van der Waals surface area contributed by atoms with Gasteiger partial charge in [-0.1, -0.05) is 25.2 Å². The number of benzene rings is 1. The van der Waals surface area contributed by atoms with E-state index in [1.807, 2.05) is 6.92 Å². The molecular weight excluding hydrogens is 338 g/mol. The van der Waals surface area contributed by atoms with Crippen LogP contribution >= 0.6 is 0 Å². The summed E-state index contributed by atoms with van der Waals surface area (Å²) >= 11 is 0. The highest BCUT2D eigenvalue weighted by Crippen LogP contribution is 2.43. The van der Waals surface area contributed by atoms with Gasteiger partial charge in [-0.05, 0) is 51.7 Å². The molecule has 0 saturated heterocycles. The standard InChI is InChI=1S/C23H34NO3/c1-5-8-12-19-17-20(24(4,6-2)7-3)13-14-21(19)23(27-22(26)18-25)15-10-9-11-16-23/h13-14,17,25H,5-7,9-11,15-16,18H2,1-4H3/q+1. The number of rotatable bonds is 6. The Morgan fingerprint density at radius 1 is 1.19 bits per heavy atom. The van der Waals surface area contributed by atoms with Crippen LogP contribution in [-0.2, 0) is 15.1 Å². The molecule has 0 unspecified atom stereocenters. The summed E-state index contributed by atoms with van der Waals surface area (Å²) in [5.41, 5.74) is 2.50. The molecule has 27 heavy (non-hydrogen) atoms. The van der Waals surface area contributed by atoms with Crippen LogP contribution in [0.3, 0.4) is 0 Å². The third-order valence-electron chi connectivity index (χ3n) is 6.01. The van der Waals surface area contributed by atoms with Crippen LogP contribution in [-0.4, -0.2) is 37.8 Å². The third-order valence-corrected chi connectivity index (χ3v) is 6.01. The smallest absolute Gasteiger partial charge is 0.332 e. The average Bonchev–Trinajstić information content (AvgIpc) is 2.71. The molecule has 0 aromatic heterocycles. The molecule has 1 aliphatic rings. The second-order valence-electron chi connectivity index (χ2n) is 7.60. The monoisotopic (exact) mass is 372 g/mol. The number of aliphatic hydroxyl groups excluding tert-OH is 1. The maximum atomic E-state index is 12.0. The van der Waals surface area contributed by atoms with Crippen LogP contribution in [0, 0.1) is 11.8 Å². The zero-order valence-corrected chi connectivity index (χ0v) is 17.3. The van der Waals surface area contributed by atoms with Gasteiger partial charge >= 0.3 is 5.97 Å². The first-order valence-corrected chi connectivity index (χ1v) is 10.3. The highest BCUT2D eigenvalue weighted by Gasteiger charge is 2.40. The highest BCUT2D eigenvalue weighted by molar-refractivity contribution is 5.71. The Kier molecular flexibility index (Phi) is 7.47. The molecule has 4 nitrogen and oxygen atoms in total. The first-order chi connectivity index (χ1) is 12.9. The minimum absolute atomic E-state index is 0.557. The van der Waals surface area contributed by atoms with Crippen LogP contribution < -0.4 is 4.48 Å². The first kappa shape index (κ1) is 21.5. The predicted molar refractivity (Wildman–Crippen MR) is 110 cm³/mol. The van der Waals surface area contributed by atoms with Crippen LogP contribution in [0.2, 0.25) is 0 Å². The van der Waals surface area contributed by atoms with Gasteiger partial charge in [0.05, 0.1) is 20.1 Å². The van der Waals surface area contributed by atoms with E-state index in [0.717, 1.165) is 67.2 Å². The number of hydrogen-bond donors (Lipinski definition) is 1. The molecule has 0 amide bonds. The van der Waals surface area contributed by atoms with Crippen molar-refractivity contribution < 1.29 is 14.6 Å². The number of carbonyl (C=O) groups excluding carboxylic acids is 1. The Labute approximate surface area is 164 Å². The van der Waals surface area contributed by atoms with Crippen LogP contribution in [0.25, 0.3) is 0 Å². The lowest BCUT2D eigenvalue weighted by atomic mass is 9.77. The van der Waals surface area contributed by atoms with Crippen molar-refractivity contribution in [3.05, 3.63) is 29.3 Å². The van der Waals surface area contributed by atoms with Gasteiger partial charge in [0.1, 0.15) is 17.9 Å². The minimum Gasteiger partial charge on any atom is -0.452 e. The van der Waals surface area contributed by atoms with Gasteiger partial charge in [-0.15, -0.1) is 0 Å². The zero-order valence-electron chi connectivity index (χ0n) is 17.3. The molecule has 0 aliphatic heterocycles. The summed E-state index contributed by atoms with van der Waals surface area (Å²) in [4.78, 5) is 12.0. The average molecular weight is 373 g/mol. The lowest BCUT2D eigenvalue weighted by Gasteiger charge is -2.38. The largest absolute Gasteiger partial charge is 0.452 e. The molecule has 1 N–H and O–H groups in total. The summed E-state index contributed by atoms with van der Waals surface area (Å²) in [6.45, 7) is 7.84. The molecule has 1 aliphatic carbocycles. The fraction of sp³-hybridized carbons (Fsp3) is 0.609. The number of esters is 1. The number of ether oxygens (including phenoxy) is 1. The lowest BCUT2D eigenvalue weighted by Crippen LogP contribution is -2.44. The van der Waals surface area contributed by atoms with Gasteiger partial charge in [-0.2, -0.15) is 0 Å². The van der Waals surface area contributed by atoms with Gasteiger partial charge in [0.15, 0.2) is 0 Å². The molecule has 1 fully saturated rings. The van der Waals surface area contributed by atoms with E-state index in [9.17, 15) is 9.90 Å². The van der Waals surface area contributed by atoms with Gasteiger partial charge in [0.2, 0.25) is 0 Å². The SMILES string of the molecule is CCC#Cc1cc([N+](C)(CC)CC)ccc1C1(OC(=O)CO)CCCCC1. The predicted octanol–water partition coefficient (Wildman–Crippen LogP) is 4.12.